The van der Waals surface area contributed by atoms with Crippen LogP contribution in [0.15, 0.2) is 29.3 Å². The zero-order valence-corrected chi connectivity index (χ0v) is 21.2. The van der Waals surface area contributed by atoms with Gasteiger partial charge < -0.3 is 48.5 Å². The van der Waals surface area contributed by atoms with E-state index in [1.165, 1.54) is 19.1 Å². The van der Waals surface area contributed by atoms with Crippen molar-refractivity contribution < 1.29 is 34.5 Å². The second-order valence-corrected chi connectivity index (χ2v) is 8.66. The third-order valence-corrected chi connectivity index (χ3v) is 5.57. The van der Waals surface area contributed by atoms with Gasteiger partial charge >= 0.3 is 5.97 Å². The average molecular weight is 542 g/mol. The minimum atomic E-state index is -1.32. The number of phenolic OH excluding ortho intramolecular Hbond substituents is 1. The number of aliphatic hydroxyl groups excluding tert-OH is 1. The number of thiol groups is 1. The highest BCUT2D eigenvalue weighted by atomic mass is 32.1. The summed E-state index contributed by atoms with van der Waals surface area (Å²) in [4.78, 5) is 53.7. The second-order valence-electron chi connectivity index (χ2n) is 8.29. The van der Waals surface area contributed by atoms with E-state index in [-0.39, 0.29) is 43.3 Å². The molecule has 0 aliphatic rings. The summed E-state index contributed by atoms with van der Waals surface area (Å²) in [6.07, 6.45) is -0.932. The topological polar surface area (TPSA) is 255 Å². The number of nitrogens with one attached hydrogen (secondary N) is 3. The van der Waals surface area contributed by atoms with E-state index in [1.54, 1.807) is 12.1 Å². The van der Waals surface area contributed by atoms with E-state index in [0.29, 0.717) is 5.56 Å². The normalized spacial score (nSPS) is 14.8. The van der Waals surface area contributed by atoms with Crippen LogP contribution in [-0.4, -0.2) is 87.5 Å². The summed E-state index contributed by atoms with van der Waals surface area (Å²) in [5, 5.41) is 35.7. The fourth-order valence-corrected chi connectivity index (χ4v) is 3.31. The number of carboxylic acids is 1. The van der Waals surface area contributed by atoms with Gasteiger partial charge in [0.2, 0.25) is 17.7 Å². The summed E-state index contributed by atoms with van der Waals surface area (Å²) in [5.41, 5.74) is 16.9. The largest absolute Gasteiger partial charge is 0.508 e. The van der Waals surface area contributed by atoms with Crippen LogP contribution in [0.5, 0.6) is 5.75 Å². The minimum Gasteiger partial charge on any atom is -0.508 e. The van der Waals surface area contributed by atoms with Gasteiger partial charge in [0.1, 0.15) is 29.9 Å². The first-order chi connectivity index (χ1) is 17.3. The number of amides is 3. The number of carbonyl (C=O) groups excluding carboxylic acids is 3. The van der Waals surface area contributed by atoms with Crippen molar-refractivity contribution in [2.45, 2.75) is 56.5 Å². The third kappa shape index (κ3) is 11.4. The van der Waals surface area contributed by atoms with Gasteiger partial charge in [0.05, 0.1) is 6.10 Å². The van der Waals surface area contributed by atoms with E-state index in [4.69, 9.17) is 17.2 Å². The Kier molecular flexibility index (Phi) is 13.2. The fourth-order valence-electron chi connectivity index (χ4n) is 3.07. The highest BCUT2D eigenvalue weighted by Crippen LogP contribution is 2.12. The molecule has 0 bridgehead atoms. The van der Waals surface area contributed by atoms with Gasteiger partial charge in [0.25, 0.3) is 0 Å². The number of carboxylic acid groups (broad SMARTS) is 1. The molecule has 14 nitrogen and oxygen atoms in total. The van der Waals surface area contributed by atoms with Gasteiger partial charge in [-0.25, -0.2) is 4.79 Å². The van der Waals surface area contributed by atoms with Crippen LogP contribution in [0.3, 0.4) is 0 Å². The van der Waals surface area contributed by atoms with Gasteiger partial charge in [-0.3, -0.25) is 19.4 Å². The van der Waals surface area contributed by atoms with E-state index >= 15 is 0 Å². The SMILES string of the molecule is CC(O)C(N)C(=O)NC(Cc1ccc(O)cc1)C(=O)NC(CCCN=C(N)N)C(=O)NC(CS)C(=O)O. The van der Waals surface area contributed by atoms with Crippen molar-refractivity contribution in [3.05, 3.63) is 29.8 Å². The number of aromatic hydroxyl groups is 1. The molecule has 15 heteroatoms. The first-order valence-electron chi connectivity index (χ1n) is 11.4. The van der Waals surface area contributed by atoms with E-state index in [0.717, 1.165) is 0 Å². The van der Waals surface area contributed by atoms with E-state index in [2.05, 4.69) is 33.6 Å². The molecule has 0 saturated carbocycles. The molecule has 0 aliphatic carbocycles. The lowest BCUT2D eigenvalue weighted by Crippen LogP contribution is -2.58. The van der Waals surface area contributed by atoms with Crippen LogP contribution >= 0.6 is 12.6 Å². The highest BCUT2D eigenvalue weighted by Gasteiger charge is 2.30. The Morgan fingerprint density at radius 2 is 1.51 bits per heavy atom. The summed E-state index contributed by atoms with van der Waals surface area (Å²) in [5.74, 6) is -4.00. The quantitative estimate of drug-likeness (QED) is 0.0471. The van der Waals surface area contributed by atoms with Crippen LogP contribution < -0.4 is 33.2 Å². The second kappa shape index (κ2) is 15.5. The van der Waals surface area contributed by atoms with E-state index < -0.39 is 54.0 Å². The van der Waals surface area contributed by atoms with Crippen molar-refractivity contribution in [2.75, 3.05) is 12.3 Å². The molecular weight excluding hydrogens is 506 g/mol. The summed E-state index contributed by atoms with van der Waals surface area (Å²) >= 11 is 3.92. The molecule has 0 spiro atoms. The molecule has 206 valence electrons. The zero-order chi connectivity index (χ0) is 28.1. The molecule has 0 fully saturated rings. The first-order valence-corrected chi connectivity index (χ1v) is 12.0. The number of aliphatic imine (C=N–C) groups is 1. The maximum Gasteiger partial charge on any atom is 0.327 e. The molecule has 1 aromatic carbocycles. The Hall–Kier alpha value is -3.56. The lowest BCUT2D eigenvalue weighted by Gasteiger charge is -2.25. The number of nitrogens with zero attached hydrogens (tertiary/aromatic N) is 1. The first kappa shape index (κ1) is 31.5. The molecule has 0 radical (unpaired) electrons. The van der Waals surface area contributed by atoms with Gasteiger partial charge in [-0.2, -0.15) is 12.6 Å². The van der Waals surface area contributed by atoms with Crippen LogP contribution in [0.25, 0.3) is 0 Å². The van der Waals surface area contributed by atoms with Crippen molar-refractivity contribution >= 4 is 42.3 Å². The minimum absolute atomic E-state index is 0.000371. The number of aliphatic hydroxyl groups is 1. The molecule has 5 atom stereocenters. The maximum atomic E-state index is 13.2. The number of aliphatic carboxylic acids is 1. The molecule has 3 amide bonds. The average Bonchev–Trinajstić information content (AvgIpc) is 2.83. The number of carbonyl (C=O) groups is 4. The summed E-state index contributed by atoms with van der Waals surface area (Å²) in [6.45, 7) is 1.46. The predicted octanol–water partition coefficient (Wildman–Crippen LogP) is -2.83. The number of hydrogen-bond donors (Lipinski definition) is 10. The molecule has 1 aromatic rings. The molecule has 0 aliphatic heterocycles. The third-order valence-electron chi connectivity index (χ3n) is 5.21. The van der Waals surface area contributed by atoms with Gasteiger partial charge in [-0.05, 0) is 37.5 Å². The molecule has 0 saturated heterocycles. The molecule has 37 heavy (non-hydrogen) atoms. The number of rotatable bonds is 15. The van der Waals surface area contributed by atoms with Crippen LogP contribution in [-0.2, 0) is 25.6 Å². The lowest BCUT2D eigenvalue weighted by molar-refractivity contribution is -0.141. The summed E-state index contributed by atoms with van der Waals surface area (Å²) in [7, 11) is 0. The lowest BCUT2D eigenvalue weighted by atomic mass is 10.0. The Morgan fingerprint density at radius 3 is 2.03 bits per heavy atom. The molecule has 0 aromatic heterocycles. The van der Waals surface area contributed by atoms with Crippen molar-refractivity contribution in [1.29, 1.82) is 0 Å². The van der Waals surface area contributed by atoms with Crippen LogP contribution in [0.4, 0.5) is 0 Å². The predicted molar refractivity (Wildman–Crippen MR) is 139 cm³/mol. The fraction of sp³-hybridized carbons (Fsp3) is 0.500. The summed E-state index contributed by atoms with van der Waals surface area (Å²) < 4.78 is 0. The zero-order valence-electron chi connectivity index (χ0n) is 20.3. The number of nitrogens with two attached hydrogens (primary N) is 3. The molecule has 0 heterocycles. The number of hydrogen-bond acceptors (Lipinski definition) is 9. The van der Waals surface area contributed by atoms with Gasteiger partial charge in [0, 0.05) is 18.7 Å². The van der Waals surface area contributed by atoms with Gasteiger partial charge in [-0.15, -0.1) is 0 Å². The maximum absolute atomic E-state index is 13.2. The smallest absolute Gasteiger partial charge is 0.327 e. The number of guanidine groups is 1. The summed E-state index contributed by atoms with van der Waals surface area (Å²) in [6, 6.07) is 0.835. The van der Waals surface area contributed by atoms with Gasteiger partial charge in [0.15, 0.2) is 5.96 Å². The van der Waals surface area contributed by atoms with E-state index in [1.807, 2.05) is 0 Å². The van der Waals surface area contributed by atoms with Crippen LogP contribution in [0, 0.1) is 0 Å². The highest BCUT2D eigenvalue weighted by molar-refractivity contribution is 7.80. The molecule has 5 unspecified atom stereocenters. The van der Waals surface area contributed by atoms with E-state index in [9.17, 15) is 34.5 Å². The number of phenols is 1. The van der Waals surface area contributed by atoms with Crippen molar-refractivity contribution in [3.8, 4) is 5.75 Å². The molecule has 1 rings (SSSR count). The molecule has 12 N–H and O–H groups in total. The van der Waals surface area contributed by atoms with Crippen molar-refractivity contribution in [2.24, 2.45) is 22.2 Å². The Morgan fingerprint density at radius 1 is 0.973 bits per heavy atom. The van der Waals surface area contributed by atoms with Crippen molar-refractivity contribution in [3.63, 3.8) is 0 Å². The van der Waals surface area contributed by atoms with Crippen LogP contribution in [0.2, 0.25) is 0 Å². The number of benzene rings is 1. The van der Waals surface area contributed by atoms with Gasteiger partial charge in [-0.1, -0.05) is 12.1 Å². The Labute approximate surface area is 219 Å². The Bertz CT molecular complexity index is 955. The monoisotopic (exact) mass is 541 g/mol. The molecular formula is C22H35N7O7S. The Balaban J connectivity index is 3.14. The van der Waals surface area contributed by atoms with Crippen molar-refractivity contribution in [1.82, 2.24) is 16.0 Å². The standard InChI is InChI=1S/C22H35N7O7S/c1-11(30)17(23)20(34)28-15(9-12-4-6-13(31)7-5-12)19(33)27-14(3-2-8-26-22(24)25)18(32)29-16(10-37)21(35)36/h4-7,11,14-17,30-31,37H,2-3,8-10,23H2,1H3,(H,27,33)(H,28,34)(H,29,32)(H,35,36)(H4,24,25,26). The van der Waals surface area contributed by atoms with Crippen LogP contribution in [0.1, 0.15) is 25.3 Å².